The Hall–Kier alpha value is -1.45. The first-order valence-corrected chi connectivity index (χ1v) is 3.58. The van der Waals surface area contributed by atoms with Gasteiger partial charge in [0.05, 0.1) is 7.11 Å². The molecule has 0 bridgehead atoms. The first kappa shape index (κ1) is 8.64. The number of carbonyl (C=O) groups excluding carboxylic acids is 1. The van der Waals surface area contributed by atoms with Crippen LogP contribution < -0.4 is 5.73 Å². The van der Waals surface area contributed by atoms with Gasteiger partial charge in [-0.2, -0.15) is 0 Å². The van der Waals surface area contributed by atoms with Gasteiger partial charge in [0, 0.05) is 12.7 Å². The topological polar surface area (TPSA) is 57.2 Å². The minimum atomic E-state index is -0.392. The molecule has 0 unspecified atom stereocenters. The van der Waals surface area contributed by atoms with Crippen molar-refractivity contribution in [1.82, 2.24) is 4.57 Å². The average Bonchev–Trinajstić information content (AvgIpc) is 2.32. The molecule has 0 amide bonds. The molecule has 4 heteroatoms. The van der Waals surface area contributed by atoms with E-state index < -0.39 is 5.97 Å². The van der Waals surface area contributed by atoms with Crippen LogP contribution in [0.2, 0.25) is 0 Å². The van der Waals surface area contributed by atoms with Crippen LogP contribution in [0.4, 0.5) is 5.82 Å². The number of nitrogens with two attached hydrogens (primary N) is 1. The lowest BCUT2D eigenvalue weighted by Gasteiger charge is -1.99. The van der Waals surface area contributed by atoms with Crippen LogP contribution in [-0.4, -0.2) is 17.6 Å². The number of nitrogens with zero attached hydrogens (tertiary/aromatic N) is 1. The predicted molar refractivity (Wildman–Crippen MR) is 45.9 cm³/mol. The number of anilines is 1. The largest absolute Gasteiger partial charge is 0.465 e. The fraction of sp³-hybridized carbons (Fsp3) is 0.375. The van der Waals surface area contributed by atoms with Crippen LogP contribution in [0.1, 0.15) is 16.1 Å². The van der Waals surface area contributed by atoms with Gasteiger partial charge in [-0.15, -0.1) is 0 Å². The quantitative estimate of drug-likeness (QED) is 0.628. The second-order valence-electron chi connectivity index (χ2n) is 2.64. The summed E-state index contributed by atoms with van der Waals surface area (Å²) in [7, 11) is 3.14. The Kier molecular flexibility index (Phi) is 2.08. The monoisotopic (exact) mass is 168 g/mol. The first-order chi connectivity index (χ1) is 5.57. The standard InChI is InChI=1S/C8H12N2O2/c1-5-4-6(8(11)12-3)7(9)10(5)2/h4H,9H2,1-3H3. The van der Waals surface area contributed by atoms with Crippen molar-refractivity contribution in [3.8, 4) is 0 Å². The molecule has 66 valence electrons. The van der Waals surface area contributed by atoms with E-state index in [1.54, 1.807) is 17.7 Å². The molecular weight excluding hydrogens is 156 g/mol. The molecule has 0 aromatic carbocycles. The molecular formula is C8H12N2O2. The first-order valence-electron chi connectivity index (χ1n) is 3.58. The van der Waals surface area contributed by atoms with Crippen molar-refractivity contribution in [2.24, 2.45) is 7.05 Å². The van der Waals surface area contributed by atoms with Gasteiger partial charge in [0.25, 0.3) is 0 Å². The van der Waals surface area contributed by atoms with Crippen LogP contribution in [0.3, 0.4) is 0 Å². The van der Waals surface area contributed by atoms with Gasteiger partial charge < -0.3 is 15.0 Å². The molecule has 0 saturated carbocycles. The number of ether oxygens (including phenoxy) is 1. The Labute approximate surface area is 70.9 Å². The average molecular weight is 168 g/mol. The summed E-state index contributed by atoms with van der Waals surface area (Å²) in [6.45, 7) is 1.88. The highest BCUT2D eigenvalue weighted by molar-refractivity contribution is 5.94. The van der Waals surface area contributed by atoms with E-state index in [9.17, 15) is 4.79 Å². The van der Waals surface area contributed by atoms with Gasteiger partial charge in [-0.1, -0.05) is 0 Å². The molecule has 1 aromatic heterocycles. The zero-order chi connectivity index (χ0) is 9.30. The van der Waals surface area contributed by atoms with E-state index >= 15 is 0 Å². The molecule has 0 aliphatic rings. The number of carbonyl (C=O) groups is 1. The Morgan fingerprint density at radius 2 is 2.25 bits per heavy atom. The number of rotatable bonds is 1. The lowest BCUT2D eigenvalue weighted by Crippen LogP contribution is -2.05. The Balaban J connectivity index is 3.17. The van der Waals surface area contributed by atoms with Gasteiger partial charge in [-0.3, -0.25) is 0 Å². The van der Waals surface area contributed by atoms with Crippen LogP contribution >= 0.6 is 0 Å². The molecule has 4 nitrogen and oxygen atoms in total. The third kappa shape index (κ3) is 1.15. The molecule has 0 aliphatic heterocycles. The SMILES string of the molecule is COC(=O)c1cc(C)n(C)c1N. The van der Waals surface area contributed by atoms with E-state index in [-0.39, 0.29) is 0 Å². The maximum Gasteiger partial charge on any atom is 0.341 e. The van der Waals surface area contributed by atoms with Gasteiger partial charge in [0.2, 0.25) is 0 Å². The van der Waals surface area contributed by atoms with Gasteiger partial charge >= 0.3 is 5.97 Å². The highest BCUT2D eigenvalue weighted by Crippen LogP contribution is 2.16. The molecule has 12 heavy (non-hydrogen) atoms. The highest BCUT2D eigenvalue weighted by Gasteiger charge is 2.14. The van der Waals surface area contributed by atoms with Crippen molar-refractivity contribution in [2.45, 2.75) is 6.92 Å². The Morgan fingerprint density at radius 3 is 2.58 bits per heavy atom. The Morgan fingerprint density at radius 1 is 1.67 bits per heavy atom. The summed E-state index contributed by atoms with van der Waals surface area (Å²) in [5.41, 5.74) is 7.01. The van der Waals surface area contributed by atoms with E-state index in [1.807, 2.05) is 6.92 Å². The third-order valence-electron chi connectivity index (χ3n) is 1.92. The lowest BCUT2D eigenvalue weighted by molar-refractivity contribution is 0.0602. The van der Waals surface area contributed by atoms with Crippen molar-refractivity contribution in [3.05, 3.63) is 17.3 Å². The van der Waals surface area contributed by atoms with E-state index in [2.05, 4.69) is 4.74 Å². The zero-order valence-electron chi connectivity index (χ0n) is 7.42. The number of aromatic nitrogens is 1. The van der Waals surface area contributed by atoms with Crippen LogP contribution in [0.5, 0.6) is 0 Å². The van der Waals surface area contributed by atoms with E-state index in [0.29, 0.717) is 11.4 Å². The summed E-state index contributed by atoms with van der Waals surface area (Å²) in [6.07, 6.45) is 0. The second kappa shape index (κ2) is 2.89. The molecule has 0 atom stereocenters. The van der Waals surface area contributed by atoms with Crippen molar-refractivity contribution >= 4 is 11.8 Å². The van der Waals surface area contributed by atoms with E-state index in [4.69, 9.17) is 5.73 Å². The number of nitrogen functional groups attached to an aromatic ring is 1. The highest BCUT2D eigenvalue weighted by atomic mass is 16.5. The van der Waals surface area contributed by atoms with Gasteiger partial charge in [0.15, 0.2) is 0 Å². The summed E-state index contributed by atoms with van der Waals surface area (Å²) in [5, 5.41) is 0. The van der Waals surface area contributed by atoms with Crippen LogP contribution in [-0.2, 0) is 11.8 Å². The van der Waals surface area contributed by atoms with Crippen molar-refractivity contribution in [2.75, 3.05) is 12.8 Å². The molecule has 0 saturated heterocycles. The van der Waals surface area contributed by atoms with Crippen LogP contribution in [0.15, 0.2) is 6.07 Å². The minimum absolute atomic E-state index is 0.392. The normalized spacial score (nSPS) is 9.92. The molecule has 0 aliphatic carbocycles. The van der Waals surface area contributed by atoms with Gasteiger partial charge in [0.1, 0.15) is 11.4 Å². The molecule has 2 N–H and O–H groups in total. The number of aryl methyl sites for hydroxylation is 1. The smallest absolute Gasteiger partial charge is 0.341 e. The summed E-state index contributed by atoms with van der Waals surface area (Å²) >= 11 is 0. The summed E-state index contributed by atoms with van der Waals surface area (Å²) in [5.74, 6) is 0.0514. The molecule has 0 radical (unpaired) electrons. The summed E-state index contributed by atoms with van der Waals surface area (Å²) in [6, 6.07) is 1.71. The molecule has 1 rings (SSSR count). The third-order valence-corrected chi connectivity index (χ3v) is 1.92. The second-order valence-corrected chi connectivity index (χ2v) is 2.64. The van der Waals surface area contributed by atoms with Gasteiger partial charge in [-0.05, 0) is 13.0 Å². The van der Waals surface area contributed by atoms with E-state index in [1.165, 1.54) is 7.11 Å². The maximum atomic E-state index is 11.1. The fourth-order valence-electron chi connectivity index (χ4n) is 1.02. The van der Waals surface area contributed by atoms with Crippen LogP contribution in [0, 0.1) is 6.92 Å². The van der Waals surface area contributed by atoms with Crippen molar-refractivity contribution < 1.29 is 9.53 Å². The van der Waals surface area contributed by atoms with Crippen molar-refractivity contribution in [3.63, 3.8) is 0 Å². The van der Waals surface area contributed by atoms with Gasteiger partial charge in [-0.25, -0.2) is 4.79 Å². The number of hydrogen-bond donors (Lipinski definition) is 1. The maximum absolute atomic E-state index is 11.1. The lowest BCUT2D eigenvalue weighted by atomic mass is 10.3. The van der Waals surface area contributed by atoms with Crippen LogP contribution in [0.25, 0.3) is 0 Å². The molecule has 1 heterocycles. The Bertz CT molecular complexity index is 315. The fourth-order valence-corrected chi connectivity index (χ4v) is 1.02. The minimum Gasteiger partial charge on any atom is -0.465 e. The number of esters is 1. The number of methoxy groups -OCH3 is 1. The van der Waals surface area contributed by atoms with Crippen molar-refractivity contribution in [1.29, 1.82) is 0 Å². The molecule has 0 spiro atoms. The molecule has 0 fully saturated rings. The molecule has 1 aromatic rings. The number of hydrogen-bond acceptors (Lipinski definition) is 3. The summed E-state index contributed by atoms with van der Waals surface area (Å²) in [4.78, 5) is 11.1. The zero-order valence-corrected chi connectivity index (χ0v) is 7.42. The predicted octanol–water partition coefficient (Wildman–Crippen LogP) is 0.702. The summed E-state index contributed by atoms with van der Waals surface area (Å²) < 4.78 is 6.30. The van der Waals surface area contributed by atoms with E-state index in [0.717, 1.165) is 5.69 Å².